The second-order valence-corrected chi connectivity index (χ2v) is 6.29. The minimum absolute atomic E-state index is 0.333. The molecule has 0 aromatic carbocycles. The molecule has 1 saturated heterocycles. The topological polar surface area (TPSA) is 107 Å². The maximum Gasteiger partial charge on any atom is 0.280 e. The van der Waals surface area contributed by atoms with Crippen LogP contribution in [0.4, 0.5) is 0 Å². The first-order valence-corrected chi connectivity index (χ1v) is 8.56. The van der Waals surface area contributed by atoms with E-state index in [4.69, 9.17) is 4.52 Å². The van der Waals surface area contributed by atoms with E-state index in [0.29, 0.717) is 29.1 Å². The molecule has 1 atom stereocenters. The molecule has 9 nitrogen and oxygen atoms in total. The predicted molar refractivity (Wildman–Crippen MR) is 89.3 cm³/mol. The van der Waals surface area contributed by atoms with Gasteiger partial charge in [0.1, 0.15) is 5.69 Å². The van der Waals surface area contributed by atoms with Crippen LogP contribution in [0.1, 0.15) is 31.4 Å². The van der Waals surface area contributed by atoms with Crippen molar-refractivity contribution in [3.8, 4) is 23.1 Å². The molecule has 1 aliphatic heterocycles. The first kappa shape index (κ1) is 15.8. The van der Waals surface area contributed by atoms with Gasteiger partial charge in [-0.05, 0) is 44.9 Å². The second kappa shape index (κ2) is 7.06. The van der Waals surface area contributed by atoms with E-state index in [1.54, 1.807) is 0 Å². The van der Waals surface area contributed by atoms with Crippen molar-refractivity contribution in [3.05, 3.63) is 24.0 Å². The number of piperidine rings is 1. The molecule has 1 aliphatic rings. The third-order valence-electron chi connectivity index (χ3n) is 4.33. The standard InChI is InChI=1S/C16H20N8O/c1-11-5-6-13(20-19-11)15-18-16(25-22-15)14-10-24(23-21-14)9-7-12-4-2-3-8-17-12/h5-6,10,12,17H,2-4,7-9H2,1H3/t12-/m0/s1. The Bertz CT molecular complexity index is 819. The van der Waals surface area contributed by atoms with E-state index in [1.807, 2.05) is 29.9 Å². The quantitative estimate of drug-likeness (QED) is 0.746. The van der Waals surface area contributed by atoms with Gasteiger partial charge in [0.15, 0.2) is 5.69 Å². The highest BCUT2D eigenvalue weighted by molar-refractivity contribution is 5.52. The second-order valence-electron chi connectivity index (χ2n) is 6.29. The van der Waals surface area contributed by atoms with Crippen molar-refractivity contribution in [1.82, 2.24) is 40.6 Å². The molecule has 1 fully saturated rings. The number of nitrogens with zero attached hydrogens (tertiary/aromatic N) is 7. The van der Waals surface area contributed by atoms with E-state index >= 15 is 0 Å². The van der Waals surface area contributed by atoms with Crippen LogP contribution in [0.25, 0.3) is 23.1 Å². The van der Waals surface area contributed by atoms with E-state index < -0.39 is 0 Å². The number of nitrogens with one attached hydrogen (secondary N) is 1. The van der Waals surface area contributed by atoms with Crippen LogP contribution in [0.15, 0.2) is 22.9 Å². The van der Waals surface area contributed by atoms with E-state index in [9.17, 15) is 0 Å². The molecule has 3 aromatic rings. The zero-order valence-corrected chi connectivity index (χ0v) is 14.1. The summed E-state index contributed by atoms with van der Waals surface area (Å²) in [4.78, 5) is 4.34. The molecule has 3 aromatic heterocycles. The SMILES string of the molecule is Cc1ccc(-c2noc(-c3cn(CC[C@@H]4CCCCN4)nn3)n2)nn1. The number of rotatable bonds is 5. The van der Waals surface area contributed by atoms with Crippen molar-refractivity contribution in [3.63, 3.8) is 0 Å². The fraction of sp³-hybridized carbons (Fsp3) is 0.500. The van der Waals surface area contributed by atoms with Gasteiger partial charge in [0.05, 0.1) is 11.9 Å². The normalized spacial score (nSPS) is 17.7. The third-order valence-corrected chi connectivity index (χ3v) is 4.33. The molecule has 9 heteroatoms. The smallest absolute Gasteiger partial charge is 0.280 e. The molecular formula is C16H20N8O. The highest BCUT2D eigenvalue weighted by atomic mass is 16.5. The summed E-state index contributed by atoms with van der Waals surface area (Å²) in [6.45, 7) is 3.80. The molecule has 4 heterocycles. The molecule has 0 aliphatic carbocycles. The van der Waals surface area contributed by atoms with Gasteiger partial charge < -0.3 is 9.84 Å². The Hall–Kier alpha value is -2.68. The Balaban J connectivity index is 1.42. The lowest BCUT2D eigenvalue weighted by Crippen LogP contribution is -2.34. The van der Waals surface area contributed by atoms with Gasteiger partial charge in [0, 0.05) is 12.6 Å². The minimum Gasteiger partial charge on any atom is -0.332 e. The van der Waals surface area contributed by atoms with Crippen LogP contribution in [-0.4, -0.2) is 47.9 Å². The summed E-state index contributed by atoms with van der Waals surface area (Å²) in [5.41, 5.74) is 1.97. The van der Waals surface area contributed by atoms with E-state index in [2.05, 4.69) is 36.0 Å². The summed E-state index contributed by atoms with van der Waals surface area (Å²) in [5, 5.41) is 23.8. The predicted octanol–water partition coefficient (Wildman–Crippen LogP) is 1.63. The first-order chi connectivity index (χ1) is 12.3. The summed E-state index contributed by atoms with van der Waals surface area (Å²) >= 11 is 0. The Morgan fingerprint density at radius 2 is 2.16 bits per heavy atom. The molecule has 4 rings (SSSR count). The van der Waals surface area contributed by atoms with Crippen molar-refractivity contribution in [2.75, 3.05) is 6.54 Å². The molecule has 0 bridgehead atoms. The van der Waals surface area contributed by atoms with E-state index in [1.165, 1.54) is 19.3 Å². The molecular weight excluding hydrogens is 320 g/mol. The largest absolute Gasteiger partial charge is 0.332 e. The Morgan fingerprint density at radius 1 is 1.20 bits per heavy atom. The van der Waals surface area contributed by atoms with Crippen LogP contribution >= 0.6 is 0 Å². The fourth-order valence-corrected chi connectivity index (χ4v) is 2.91. The third kappa shape index (κ3) is 3.71. The lowest BCUT2D eigenvalue weighted by atomic mass is 10.0. The molecule has 0 unspecified atom stereocenters. The van der Waals surface area contributed by atoms with Gasteiger partial charge in [0.25, 0.3) is 5.89 Å². The van der Waals surface area contributed by atoms with Crippen LogP contribution in [0.5, 0.6) is 0 Å². The van der Waals surface area contributed by atoms with Crippen molar-refractivity contribution in [2.24, 2.45) is 0 Å². The fourth-order valence-electron chi connectivity index (χ4n) is 2.91. The summed E-state index contributed by atoms with van der Waals surface area (Å²) in [6.07, 6.45) is 6.67. The van der Waals surface area contributed by atoms with Gasteiger partial charge in [-0.3, -0.25) is 4.68 Å². The monoisotopic (exact) mass is 340 g/mol. The molecule has 25 heavy (non-hydrogen) atoms. The van der Waals surface area contributed by atoms with Crippen molar-refractivity contribution in [1.29, 1.82) is 0 Å². The van der Waals surface area contributed by atoms with Crippen LogP contribution < -0.4 is 5.32 Å². The van der Waals surface area contributed by atoms with Crippen LogP contribution in [0.2, 0.25) is 0 Å². The lowest BCUT2D eigenvalue weighted by molar-refractivity contribution is 0.359. The van der Waals surface area contributed by atoms with Gasteiger partial charge in [-0.25, -0.2) is 0 Å². The Labute approximate surface area is 144 Å². The van der Waals surface area contributed by atoms with Crippen LogP contribution in [0.3, 0.4) is 0 Å². The Kier molecular flexibility index (Phi) is 4.47. The highest BCUT2D eigenvalue weighted by Gasteiger charge is 2.16. The molecule has 0 spiro atoms. The van der Waals surface area contributed by atoms with Gasteiger partial charge in [-0.1, -0.05) is 16.8 Å². The minimum atomic E-state index is 0.333. The average Bonchev–Trinajstić information content (AvgIpc) is 3.31. The highest BCUT2D eigenvalue weighted by Crippen LogP contribution is 2.19. The van der Waals surface area contributed by atoms with Crippen molar-refractivity contribution < 1.29 is 4.52 Å². The van der Waals surface area contributed by atoms with Gasteiger partial charge in [-0.15, -0.1) is 10.2 Å². The lowest BCUT2D eigenvalue weighted by Gasteiger charge is -2.23. The maximum absolute atomic E-state index is 5.29. The van der Waals surface area contributed by atoms with Crippen LogP contribution in [0, 0.1) is 6.92 Å². The van der Waals surface area contributed by atoms with Crippen LogP contribution in [-0.2, 0) is 6.54 Å². The molecule has 0 radical (unpaired) electrons. The van der Waals surface area contributed by atoms with E-state index in [-0.39, 0.29) is 0 Å². The van der Waals surface area contributed by atoms with Gasteiger partial charge in [0.2, 0.25) is 5.82 Å². The van der Waals surface area contributed by atoms with Gasteiger partial charge >= 0.3 is 0 Å². The number of aryl methyl sites for hydroxylation is 2. The average molecular weight is 340 g/mol. The zero-order chi connectivity index (χ0) is 17.1. The molecule has 0 amide bonds. The van der Waals surface area contributed by atoms with Gasteiger partial charge in [-0.2, -0.15) is 10.1 Å². The van der Waals surface area contributed by atoms with E-state index in [0.717, 1.165) is 25.2 Å². The Morgan fingerprint density at radius 3 is 2.96 bits per heavy atom. The first-order valence-electron chi connectivity index (χ1n) is 8.56. The maximum atomic E-state index is 5.29. The summed E-state index contributed by atoms with van der Waals surface area (Å²) in [5.74, 6) is 0.725. The number of hydrogen-bond donors (Lipinski definition) is 1. The molecule has 130 valence electrons. The number of hydrogen-bond acceptors (Lipinski definition) is 8. The number of aromatic nitrogens is 7. The summed E-state index contributed by atoms with van der Waals surface area (Å²) in [6, 6.07) is 4.23. The summed E-state index contributed by atoms with van der Waals surface area (Å²) < 4.78 is 7.11. The van der Waals surface area contributed by atoms with Crippen molar-refractivity contribution in [2.45, 2.75) is 45.2 Å². The molecule has 0 saturated carbocycles. The van der Waals surface area contributed by atoms with Crippen molar-refractivity contribution >= 4 is 0 Å². The summed E-state index contributed by atoms with van der Waals surface area (Å²) in [7, 11) is 0. The molecule has 1 N–H and O–H groups in total. The zero-order valence-electron chi connectivity index (χ0n) is 14.1.